The molecule has 0 aliphatic carbocycles. The Bertz CT molecular complexity index is 885. The van der Waals surface area contributed by atoms with Gasteiger partial charge in [-0.3, -0.25) is 0 Å². The number of halogens is 2. The normalized spacial score (nSPS) is 10.4. The number of rotatable bonds is 3. The van der Waals surface area contributed by atoms with Crippen molar-refractivity contribution in [1.82, 2.24) is 0 Å². The number of para-hydroxylation sites is 2. The van der Waals surface area contributed by atoms with E-state index in [1.54, 1.807) is 61.5 Å². The largest absolute Gasteiger partial charge is 0.424 e. The molecule has 0 bridgehead atoms. The molecule has 0 radical (unpaired) electrons. The first-order valence-electron chi connectivity index (χ1n) is 7.64. The fraction of sp³-hybridized carbons (Fsp3) is 0.0500. The second-order valence-electron chi connectivity index (χ2n) is 5.38. The zero-order chi connectivity index (χ0) is 17.8. The third-order valence-corrected chi connectivity index (χ3v) is 4.11. The van der Waals surface area contributed by atoms with Gasteiger partial charge in [-0.05, 0) is 42.8 Å². The number of hydrogen-bond donors (Lipinski definition) is 0. The molecule has 3 aromatic rings. The van der Waals surface area contributed by atoms with Gasteiger partial charge in [0.1, 0.15) is 5.75 Å². The van der Waals surface area contributed by atoms with Crippen LogP contribution in [0.15, 0.2) is 72.8 Å². The van der Waals surface area contributed by atoms with E-state index in [0.29, 0.717) is 17.0 Å². The fourth-order valence-electron chi connectivity index (χ4n) is 2.36. The van der Waals surface area contributed by atoms with Crippen LogP contribution in [0.1, 0.15) is 5.56 Å². The van der Waals surface area contributed by atoms with Gasteiger partial charge in [0.05, 0.1) is 16.4 Å². The zero-order valence-electron chi connectivity index (χ0n) is 13.4. The molecule has 3 aromatic carbocycles. The number of nitrogens with zero attached hydrogens (tertiary/aromatic N) is 1. The number of carbonyl (C=O) groups excluding carboxylic acids is 1. The number of carbonyl (C=O) groups is 1. The molecule has 0 atom stereocenters. The van der Waals surface area contributed by atoms with E-state index >= 15 is 0 Å². The highest BCUT2D eigenvalue weighted by Gasteiger charge is 2.25. The fourth-order valence-corrected chi connectivity index (χ4v) is 2.52. The Balaban J connectivity index is 2.05. The molecule has 0 N–H and O–H groups in total. The summed E-state index contributed by atoms with van der Waals surface area (Å²) in [5, 5.41) is -0.0223. The zero-order valence-corrected chi connectivity index (χ0v) is 14.2. The van der Waals surface area contributed by atoms with Crippen LogP contribution in [0.2, 0.25) is 5.02 Å². The monoisotopic (exact) mass is 355 g/mol. The van der Waals surface area contributed by atoms with Crippen LogP contribution in [-0.2, 0) is 0 Å². The van der Waals surface area contributed by atoms with E-state index in [-0.39, 0.29) is 10.7 Å². The molecule has 0 saturated heterocycles. The van der Waals surface area contributed by atoms with Gasteiger partial charge in [0.25, 0.3) is 0 Å². The molecular formula is C20H15ClFNO2. The lowest BCUT2D eigenvalue weighted by molar-refractivity contribution is 0.210. The first-order chi connectivity index (χ1) is 12.1. The van der Waals surface area contributed by atoms with E-state index in [1.807, 2.05) is 12.1 Å². The highest BCUT2D eigenvalue weighted by Crippen LogP contribution is 2.34. The smallest absolute Gasteiger partial charge is 0.410 e. The average molecular weight is 356 g/mol. The summed E-state index contributed by atoms with van der Waals surface area (Å²) in [7, 11) is 0. The highest BCUT2D eigenvalue weighted by atomic mass is 35.5. The maximum atomic E-state index is 14.7. The molecule has 0 aliphatic heterocycles. The van der Waals surface area contributed by atoms with Crippen molar-refractivity contribution < 1.29 is 13.9 Å². The van der Waals surface area contributed by atoms with Crippen molar-refractivity contribution in [3.05, 3.63) is 89.2 Å². The Morgan fingerprint density at radius 3 is 2.20 bits per heavy atom. The summed E-state index contributed by atoms with van der Waals surface area (Å²) in [6.45, 7) is 1.70. The van der Waals surface area contributed by atoms with E-state index in [9.17, 15) is 9.18 Å². The second kappa shape index (κ2) is 7.36. The summed E-state index contributed by atoms with van der Waals surface area (Å²) in [5.74, 6) is -0.303. The van der Waals surface area contributed by atoms with Crippen molar-refractivity contribution in [2.45, 2.75) is 6.92 Å². The van der Waals surface area contributed by atoms with Crippen molar-refractivity contribution in [1.29, 1.82) is 0 Å². The SMILES string of the molecule is Cc1ccc(N(C(=O)Oc2ccccc2)c2ccccc2)c(F)c1Cl. The lowest BCUT2D eigenvalue weighted by Gasteiger charge is -2.23. The van der Waals surface area contributed by atoms with E-state index in [1.165, 1.54) is 6.07 Å². The van der Waals surface area contributed by atoms with Crippen LogP contribution in [0, 0.1) is 12.7 Å². The quantitative estimate of drug-likeness (QED) is 0.566. The average Bonchev–Trinajstić information content (AvgIpc) is 2.64. The van der Waals surface area contributed by atoms with Crippen molar-refractivity contribution in [2.75, 3.05) is 4.90 Å². The molecular weight excluding hydrogens is 341 g/mol. The Hall–Kier alpha value is -2.85. The molecule has 0 saturated carbocycles. The van der Waals surface area contributed by atoms with Crippen LogP contribution in [0.3, 0.4) is 0 Å². The molecule has 5 heteroatoms. The maximum Gasteiger partial charge on any atom is 0.424 e. The van der Waals surface area contributed by atoms with Crippen molar-refractivity contribution in [3.63, 3.8) is 0 Å². The van der Waals surface area contributed by atoms with Crippen LogP contribution in [0.25, 0.3) is 0 Å². The van der Waals surface area contributed by atoms with Crippen LogP contribution in [0.5, 0.6) is 5.75 Å². The molecule has 0 spiro atoms. The highest BCUT2D eigenvalue weighted by molar-refractivity contribution is 6.31. The summed E-state index contributed by atoms with van der Waals surface area (Å²) < 4.78 is 20.1. The summed E-state index contributed by atoms with van der Waals surface area (Å²) in [6, 6.07) is 20.5. The number of benzene rings is 3. The molecule has 126 valence electrons. The molecule has 0 aromatic heterocycles. The predicted octanol–water partition coefficient (Wildman–Crippen LogP) is 6.12. The van der Waals surface area contributed by atoms with Crippen LogP contribution >= 0.6 is 11.6 Å². The minimum absolute atomic E-state index is 0.0223. The van der Waals surface area contributed by atoms with Gasteiger partial charge in [0.15, 0.2) is 5.82 Å². The standard InChI is InChI=1S/C20H15ClFNO2/c1-14-12-13-17(19(22)18(14)21)23(15-8-4-2-5-9-15)20(24)25-16-10-6-3-7-11-16/h2-13H,1H3. The van der Waals surface area contributed by atoms with Crippen LogP contribution in [0.4, 0.5) is 20.6 Å². The van der Waals surface area contributed by atoms with Gasteiger partial charge >= 0.3 is 6.09 Å². The van der Waals surface area contributed by atoms with Crippen molar-refractivity contribution >= 4 is 29.1 Å². The minimum Gasteiger partial charge on any atom is -0.410 e. The van der Waals surface area contributed by atoms with E-state index < -0.39 is 11.9 Å². The Labute approximate surface area is 150 Å². The first kappa shape index (κ1) is 17.0. The van der Waals surface area contributed by atoms with Gasteiger partial charge < -0.3 is 4.74 Å². The summed E-state index contributed by atoms with van der Waals surface area (Å²) >= 11 is 6.03. The van der Waals surface area contributed by atoms with Gasteiger partial charge in [0, 0.05) is 0 Å². The Kier molecular flexibility index (Phi) is 5.00. The lowest BCUT2D eigenvalue weighted by atomic mass is 10.2. The molecule has 3 nitrogen and oxygen atoms in total. The lowest BCUT2D eigenvalue weighted by Crippen LogP contribution is -2.30. The number of anilines is 2. The number of hydrogen-bond acceptors (Lipinski definition) is 2. The number of ether oxygens (including phenoxy) is 1. The Morgan fingerprint density at radius 2 is 1.56 bits per heavy atom. The molecule has 0 fully saturated rings. The van der Waals surface area contributed by atoms with Crippen molar-refractivity contribution in [2.24, 2.45) is 0 Å². The number of aryl methyl sites for hydroxylation is 1. The van der Waals surface area contributed by atoms with Gasteiger partial charge in [-0.1, -0.05) is 54.1 Å². The van der Waals surface area contributed by atoms with E-state index in [4.69, 9.17) is 16.3 Å². The Morgan fingerprint density at radius 1 is 0.960 bits per heavy atom. The molecule has 3 rings (SSSR count). The van der Waals surface area contributed by atoms with Gasteiger partial charge in [-0.25, -0.2) is 14.1 Å². The van der Waals surface area contributed by atoms with Gasteiger partial charge in [-0.2, -0.15) is 0 Å². The minimum atomic E-state index is -0.726. The molecule has 1 amide bonds. The summed E-state index contributed by atoms with van der Waals surface area (Å²) in [6.07, 6.45) is -0.726. The number of amides is 1. The third kappa shape index (κ3) is 3.64. The van der Waals surface area contributed by atoms with Crippen LogP contribution in [-0.4, -0.2) is 6.09 Å². The van der Waals surface area contributed by atoms with Gasteiger partial charge in [0.2, 0.25) is 0 Å². The van der Waals surface area contributed by atoms with Crippen LogP contribution < -0.4 is 9.64 Å². The molecule has 0 aliphatic rings. The van der Waals surface area contributed by atoms with Crippen molar-refractivity contribution in [3.8, 4) is 5.75 Å². The maximum absolute atomic E-state index is 14.7. The van der Waals surface area contributed by atoms with Gasteiger partial charge in [-0.15, -0.1) is 0 Å². The predicted molar refractivity (Wildman–Crippen MR) is 97.2 cm³/mol. The second-order valence-corrected chi connectivity index (χ2v) is 5.76. The summed E-state index contributed by atoms with van der Waals surface area (Å²) in [5.41, 5.74) is 1.09. The first-order valence-corrected chi connectivity index (χ1v) is 8.02. The summed E-state index contributed by atoms with van der Waals surface area (Å²) in [4.78, 5) is 13.9. The topological polar surface area (TPSA) is 29.5 Å². The van der Waals surface area contributed by atoms with E-state index in [2.05, 4.69) is 0 Å². The molecule has 25 heavy (non-hydrogen) atoms. The molecule has 0 heterocycles. The third-order valence-electron chi connectivity index (χ3n) is 3.64. The van der Waals surface area contributed by atoms with E-state index in [0.717, 1.165) is 4.90 Å². The molecule has 0 unspecified atom stereocenters.